The van der Waals surface area contributed by atoms with Gasteiger partial charge >= 0.3 is 0 Å². The summed E-state index contributed by atoms with van der Waals surface area (Å²) in [5, 5.41) is 6.27. The second-order valence-corrected chi connectivity index (χ2v) is 8.52. The first kappa shape index (κ1) is 25.2. The Balaban J connectivity index is 0.00000420. The Labute approximate surface area is 188 Å². The number of methoxy groups -OCH3 is 1. The minimum Gasteiger partial charge on any atom is -0.497 e. The Morgan fingerprint density at radius 1 is 1.10 bits per heavy atom. The van der Waals surface area contributed by atoms with Crippen molar-refractivity contribution in [2.24, 2.45) is 4.99 Å². The lowest BCUT2D eigenvalue weighted by Crippen LogP contribution is -2.37. The van der Waals surface area contributed by atoms with E-state index in [-0.39, 0.29) is 36.3 Å². The molecule has 0 saturated heterocycles. The molecule has 0 amide bonds. The molecule has 9 heteroatoms. The normalized spacial score (nSPS) is 11.5. The standard InChI is InChI=1S/C20H26FN3O3S.HI/c1-4-22-20(23-12-15-5-9-19(27-2)10-6-15)24-13-17-11-18(21)8-7-16(17)14-28(3,25)26;/h5-11H,4,12-14H2,1-3H3,(H2,22,23,24);1H. The molecule has 0 bridgehead atoms. The molecule has 0 atom stereocenters. The Kier molecular flexibility index (Phi) is 10.4. The highest BCUT2D eigenvalue weighted by Crippen LogP contribution is 2.15. The zero-order valence-electron chi connectivity index (χ0n) is 16.7. The first-order chi connectivity index (χ1) is 13.3. The number of rotatable bonds is 8. The fraction of sp³-hybridized carbons (Fsp3) is 0.350. The van der Waals surface area contributed by atoms with Crippen molar-refractivity contribution in [1.82, 2.24) is 10.6 Å². The molecule has 160 valence electrons. The van der Waals surface area contributed by atoms with Crippen LogP contribution in [-0.4, -0.2) is 34.3 Å². The lowest BCUT2D eigenvalue weighted by atomic mass is 10.1. The van der Waals surface area contributed by atoms with Gasteiger partial charge in [0.15, 0.2) is 15.8 Å². The van der Waals surface area contributed by atoms with Crippen LogP contribution in [0.25, 0.3) is 0 Å². The van der Waals surface area contributed by atoms with Gasteiger partial charge in [-0.05, 0) is 47.9 Å². The third-order valence-electron chi connectivity index (χ3n) is 3.96. The zero-order chi connectivity index (χ0) is 20.6. The molecule has 2 rings (SSSR count). The second-order valence-electron chi connectivity index (χ2n) is 6.38. The predicted molar refractivity (Wildman–Crippen MR) is 125 cm³/mol. The topological polar surface area (TPSA) is 79.8 Å². The predicted octanol–water partition coefficient (Wildman–Crippen LogP) is 3.25. The van der Waals surface area contributed by atoms with Gasteiger partial charge in [0.2, 0.25) is 0 Å². The molecular formula is C20H27FIN3O3S. The summed E-state index contributed by atoms with van der Waals surface area (Å²) >= 11 is 0. The molecule has 2 N–H and O–H groups in total. The number of halogens is 2. The first-order valence-electron chi connectivity index (χ1n) is 8.91. The van der Waals surface area contributed by atoms with Crippen LogP contribution in [0.3, 0.4) is 0 Å². The highest BCUT2D eigenvalue weighted by atomic mass is 127. The summed E-state index contributed by atoms with van der Waals surface area (Å²) in [6.45, 7) is 3.32. The summed E-state index contributed by atoms with van der Waals surface area (Å²) in [6, 6.07) is 11.7. The van der Waals surface area contributed by atoms with Crippen molar-refractivity contribution in [3.63, 3.8) is 0 Å². The molecule has 0 aliphatic rings. The Morgan fingerprint density at radius 2 is 1.79 bits per heavy atom. The van der Waals surface area contributed by atoms with Gasteiger partial charge in [0.1, 0.15) is 11.6 Å². The number of guanidine groups is 1. The number of aliphatic imine (C=N–C) groups is 1. The third kappa shape index (κ3) is 8.99. The van der Waals surface area contributed by atoms with Crippen molar-refractivity contribution in [3.05, 3.63) is 65.0 Å². The largest absolute Gasteiger partial charge is 0.497 e. The second kappa shape index (κ2) is 12.0. The smallest absolute Gasteiger partial charge is 0.191 e. The van der Waals surface area contributed by atoms with E-state index in [1.54, 1.807) is 7.11 Å². The van der Waals surface area contributed by atoms with E-state index < -0.39 is 15.7 Å². The van der Waals surface area contributed by atoms with Gasteiger partial charge < -0.3 is 15.4 Å². The number of hydrogen-bond donors (Lipinski definition) is 2. The summed E-state index contributed by atoms with van der Waals surface area (Å²) in [5.74, 6) is 0.800. The van der Waals surface area contributed by atoms with Gasteiger partial charge in [0.05, 0.1) is 19.4 Å². The van der Waals surface area contributed by atoms with Gasteiger partial charge in [0, 0.05) is 19.3 Å². The summed E-state index contributed by atoms with van der Waals surface area (Å²) < 4.78 is 42.0. The van der Waals surface area contributed by atoms with E-state index in [9.17, 15) is 12.8 Å². The van der Waals surface area contributed by atoms with Gasteiger partial charge in [-0.15, -0.1) is 24.0 Å². The SMILES string of the molecule is CCNC(=NCc1ccc(OC)cc1)NCc1cc(F)ccc1CS(C)(=O)=O.I. The summed E-state index contributed by atoms with van der Waals surface area (Å²) in [7, 11) is -1.60. The molecule has 6 nitrogen and oxygen atoms in total. The maximum atomic E-state index is 13.7. The molecular weight excluding hydrogens is 508 g/mol. The maximum absolute atomic E-state index is 13.7. The third-order valence-corrected chi connectivity index (χ3v) is 4.79. The van der Waals surface area contributed by atoms with Crippen LogP contribution in [0.1, 0.15) is 23.6 Å². The number of nitrogens with one attached hydrogen (secondary N) is 2. The fourth-order valence-electron chi connectivity index (χ4n) is 2.60. The number of benzene rings is 2. The molecule has 0 unspecified atom stereocenters. The van der Waals surface area contributed by atoms with E-state index in [2.05, 4.69) is 15.6 Å². The van der Waals surface area contributed by atoms with E-state index in [1.165, 1.54) is 18.2 Å². The van der Waals surface area contributed by atoms with Crippen LogP contribution in [0.2, 0.25) is 0 Å². The van der Waals surface area contributed by atoms with Crippen molar-refractivity contribution in [2.45, 2.75) is 25.8 Å². The summed E-state index contributed by atoms with van der Waals surface area (Å²) in [5.41, 5.74) is 2.17. The molecule has 0 aliphatic heterocycles. The fourth-order valence-corrected chi connectivity index (χ4v) is 3.45. The van der Waals surface area contributed by atoms with Gasteiger partial charge in [-0.3, -0.25) is 0 Å². The van der Waals surface area contributed by atoms with Crippen molar-refractivity contribution < 1.29 is 17.5 Å². The van der Waals surface area contributed by atoms with E-state index >= 15 is 0 Å². The molecule has 0 aliphatic carbocycles. The molecule has 0 saturated carbocycles. The van der Waals surface area contributed by atoms with Crippen LogP contribution in [0.15, 0.2) is 47.5 Å². The van der Waals surface area contributed by atoms with Crippen molar-refractivity contribution >= 4 is 39.8 Å². The van der Waals surface area contributed by atoms with Crippen LogP contribution in [-0.2, 0) is 28.7 Å². The highest BCUT2D eigenvalue weighted by Gasteiger charge is 2.11. The molecule has 0 radical (unpaired) electrons. The van der Waals surface area contributed by atoms with E-state index in [4.69, 9.17) is 4.74 Å². The van der Waals surface area contributed by atoms with Crippen LogP contribution >= 0.6 is 24.0 Å². The van der Waals surface area contributed by atoms with E-state index in [0.717, 1.165) is 17.6 Å². The average molecular weight is 535 g/mol. The lowest BCUT2D eigenvalue weighted by molar-refractivity contribution is 0.414. The average Bonchev–Trinajstić information content (AvgIpc) is 2.65. The molecule has 0 heterocycles. The van der Waals surface area contributed by atoms with Crippen LogP contribution < -0.4 is 15.4 Å². The number of nitrogens with zero attached hydrogens (tertiary/aromatic N) is 1. The highest BCUT2D eigenvalue weighted by molar-refractivity contribution is 14.0. The number of sulfone groups is 1. The van der Waals surface area contributed by atoms with Crippen molar-refractivity contribution in [3.8, 4) is 5.75 Å². The van der Waals surface area contributed by atoms with Crippen LogP contribution in [0.5, 0.6) is 5.75 Å². The summed E-state index contributed by atoms with van der Waals surface area (Å²) in [6.07, 6.45) is 1.16. The van der Waals surface area contributed by atoms with Gasteiger partial charge in [-0.25, -0.2) is 17.8 Å². The molecule has 0 fully saturated rings. The Bertz CT molecular complexity index is 919. The first-order valence-corrected chi connectivity index (χ1v) is 11.0. The minimum absolute atomic E-state index is 0. The molecule has 0 spiro atoms. The maximum Gasteiger partial charge on any atom is 0.191 e. The number of hydrogen-bond acceptors (Lipinski definition) is 4. The molecule has 2 aromatic carbocycles. The molecule has 0 aromatic heterocycles. The van der Waals surface area contributed by atoms with Gasteiger partial charge in [-0.2, -0.15) is 0 Å². The molecule has 29 heavy (non-hydrogen) atoms. The van der Waals surface area contributed by atoms with E-state index in [0.29, 0.717) is 30.2 Å². The lowest BCUT2D eigenvalue weighted by Gasteiger charge is -2.14. The van der Waals surface area contributed by atoms with Crippen LogP contribution in [0.4, 0.5) is 4.39 Å². The van der Waals surface area contributed by atoms with Crippen molar-refractivity contribution in [1.29, 1.82) is 0 Å². The molecule has 2 aromatic rings. The zero-order valence-corrected chi connectivity index (χ0v) is 19.9. The summed E-state index contributed by atoms with van der Waals surface area (Å²) in [4.78, 5) is 4.52. The number of ether oxygens (including phenoxy) is 1. The Morgan fingerprint density at radius 3 is 2.38 bits per heavy atom. The minimum atomic E-state index is -3.22. The van der Waals surface area contributed by atoms with E-state index in [1.807, 2.05) is 31.2 Å². The quantitative estimate of drug-likeness (QED) is 0.308. The monoisotopic (exact) mass is 535 g/mol. The van der Waals surface area contributed by atoms with Crippen molar-refractivity contribution in [2.75, 3.05) is 19.9 Å². The van der Waals surface area contributed by atoms with Crippen LogP contribution in [0, 0.1) is 5.82 Å². The van der Waals surface area contributed by atoms with Gasteiger partial charge in [0.25, 0.3) is 0 Å². The Hall–Kier alpha value is -1.88. The van der Waals surface area contributed by atoms with Gasteiger partial charge in [-0.1, -0.05) is 18.2 Å².